The summed E-state index contributed by atoms with van der Waals surface area (Å²) < 4.78 is 0. The molecule has 2 atom stereocenters. The van der Waals surface area contributed by atoms with Gasteiger partial charge in [0, 0.05) is 24.5 Å². The average Bonchev–Trinajstić information content (AvgIpc) is 3.04. The van der Waals surface area contributed by atoms with Crippen molar-refractivity contribution in [2.45, 2.75) is 38.3 Å². The predicted molar refractivity (Wildman–Crippen MR) is 88.5 cm³/mol. The van der Waals surface area contributed by atoms with Crippen molar-refractivity contribution in [2.24, 2.45) is 11.0 Å². The van der Waals surface area contributed by atoms with Crippen molar-refractivity contribution in [3.8, 4) is 0 Å². The van der Waals surface area contributed by atoms with Crippen LogP contribution in [0.15, 0.2) is 29.4 Å². The number of piperidine rings is 3. The van der Waals surface area contributed by atoms with Gasteiger partial charge in [-0.15, -0.1) is 0 Å². The highest BCUT2D eigenvalue weighted by Gasteiger charge is 2.51. The van der Waals surface area contributed by atoms with E-state index in [9.17, 15) is 14.9 Å². The van der Waals surface area contributed by atoms with Crippen LogP contribution in [-0.2, 0) is 4.79 Å². The van der Waals surface area contributed by atoms with E-state index in [4.69, 9.17) is 0 Å². The molecule has 2 bridgehead atoms. The van der Waals surface area contributed by atoms with Crippen molar-refractivity contribution in [2.75, 3.05) is 13.1 Å². The summed E-state index contributed by atoms with van der Waals surface area (Å²) >= 11 is 0. The lowest BCUT2D eigenvalue weighted by molar-refractivity contribution is -0.385. The zero-order chi connectivity index (χ0) is 16.8. The van der Waals surface area contributed by atoms with Gasteiger partial charge in [0.25, 0.3) is 5.69 Å². The standard InChI is InChI=1S/C17H20N4O3/c1-2-14(22)20-16(12-4-3-5-13(10-12)21(23)24)17-15(18-20)11-6-8-19(17)9-7-11/h3-5,10-11,16-17H,2,6-9H2,1H3/t16-,17+/m0/s1. The van der Waals surface area contributed by atoms with E-state index in [0.29, 0.717) is 12.3 Å². The van der Waals surface area contributed by atoms with E-state index in [1.54, 1.807) is 17.1 Å². The van der Waals surface area contributed by atoms with Crippen molar-refractivity contribution in [1.82, 2.24) is 9.91 Å². The molecule has 0 saturated carbocycles. The number of non-ortho nitro benzene ring substituents is 1. The van der Waals surface area contributed by atoms with Gasteiger partial charge < -0.3 is 0 Å². The number of nitro benzene ring substituents is 1. The molecule has 7 nitrogen and oxygen atoms in total. The Balaban J connectivity index is 1.78. The minimum atomic E-state index is -0.389. The summed E-state index contributed by atoms with van der Waals surface area (Å²) in [7, 11) is 0. The number of amides is 1. The molecule has 3 saturated heterocycles. The molecule has 1 aromatic carbocycles. The summed E-state index contributed by atoms with van der Waals surface area (Å²) in [5.41, 5.74) is 1.94. The van der Waals surface area contributed by atoms with E-state index in [-0.39, 0.29) is 28.6 Å². The Kier molecular flexibility index (Phi) is 3.60. The zero-order valence-electron chi connectivity index (χ0n) is 13.6. The Hall–Kier alpha value is -2.28. The van der Waals surface area contributed by atoms with Gasteiger partial charge in [-0.3, -0.25) is 19.8 Å². The van der Waals surface area contributed by atoms with Crippen LogP contribution in [0, 0.1) is 16.0 Å². The highest BCUT2D eigenvalue weighted by molar-refractivity contribution is 5.97. The molecule has 0 spiro atoms. The molecule has 7 heteroatoms. The number of hydrogen-bond donors (Lipinski definition) is 0. The quantitative estimate of drug-likeness (QED) is 0.630. The van der Waals surface area contributed by atoms with Crippen LogP contribution in [-0.4, -0.2) is 45.6 Å². The number of benzene rings is 1. The number of carbonyl (C=O) groups excluding carboxylic acids is 1. The average molecular weight is 328 g/mol. The first-order chi connectivity index (χ1) is 11.6. The van der Waals surface area contributed by atoms with Gasteiger partial charge in [0.05, 0.1) is 16.7 Å². The van der Waals surface area contributed by atoms with Gasteiger partial charge in [0.1, 0.15) is 6.04 Å². The maximum atomic E-state index is 12.5. The fourth-order valence-electron chi connectivity index (χ4n) is 4.24. The molecule has 126 valence electrons. The van der Waals surface area contributed by atoms with Gasteiger partial charge in [-0.2, -0.15) is 5.10 Å². The molecule has 1 amide bonds. The first-order valence-corrected chi connectivity index (χ1v) is 8.49. The number of fused-ring (bicyclic) bond motifs is 2. The Morgan fingerprint density at radius 2 is 2.08 bits per heavy atom. The third kappa shape index (κ3) is 2.23. The molecule has 5 rings (SSSR count). The van der Waals surface area contributed by atoms with Crippen LogP contribution in [0.1, 0.15) is 37.8 Å². The minimum absolute atomic E-state index is 0.0333. The van der Waals surface area contributed by atoms with Crippen LogP contribution >= 0.6 is 0 Å². The fraction of sp³-hybridized carbons (Fsp3) is 0.529. The molecule has 4 aliphatic rings. The molecule has 4 heterocycles. The molecule has 24 heavy (non-hydrogen) atoms. The topological polar surface area (TPSA) is 79.0 Å². The smallest absolute Gasteiger partial charge is 0.269 e. The molecule has 0 N–H and O–H groups in total. The van der Waals surface area contributed by atoms with Gasteiger partial charge in [-0.05, 0) is 31.5 Å². The molecule has 3 fully saturated rings. The summed E-state index contributed by atoms with van der Waals surface area (Å²) in [6, 6.07) is 6.44. The van der Waals surface area contributed by atoms with Crippen LogP contribution < -0.4 is 0 Å². The van der Waals surface area contributed by atoms with Crippen molar-refractivity contribution < 1.29 is 9.72 Å². The summed E-state index contributed by atoms with van der Waals surface area (Å²) in [6.07, 6.45) is 2.55. The molecule has 4 aliphatic heterocycles. The Morgan fingerprint density at radius 1 is 1.33 bits per heavy atom. The highest BCUT2D eigenvalue weighted by Crippen LogP contribution is 2.43. The van der Waals surface area contributed by atoms with E-state index < -0.39 is 0 Å². The largest absolute Gasteiger partial charge is 0.293 e. The lowest BCUT2D eigenvalue weighted by Gasteiger charge is -2.46. The lowest BCUT2D eigenvalue weighted by atomic mass is 9.78. The van der Waals surface area contributed by atoms with Crippen LogP contribution in [0.5, 0.6) is 0 Å². The second-order valence-corrected chi connectivity index (χ2v) is 6.67. The van der Waals surface area contributed by atoms with E-state index in [1.807, 2.05) is 13.0 Å². The molecule has 0 aliphatic carbocycles. The van der Waals surface area contributed by atoms with E-state index in [0.717, 1.165) is 37.2 Å². The maximum Gasteiger partial charge on any atom is 0.269 e. The number of nitro groups is 1. The normalized spacial score (nSPS) is 30.9. The van der Waals surface area contributed by atoms with E-state index in [1.165, 1.54) is 6.07 Å². The zero-order valence-corrected chi connectivity index (χ0v) is 13.6. The van der Waals surface area contributed by atoms with Crippen molar-refractivity contribution in [3.63, 3.8) is 0 Å². The number of nitrogens with zero attached hydrogens (tertiary/aromatic N) is 4. The van der Waals surface area contributed by atoms with Gasteiger partial charge in [-0.1, -0.05) is 19.1 Å². The van der Waals surface area contributed by atoms with Crippen molar-refractivity contribution in [1.29, 1.82) is 0 Å². The minimum Gasteiger partial charge on any atom is -0.293 e. The predicted octanol–water partition coefficient (Wildman–Crippen LogP) is 2.34. The summed E-state index contributed by atoms with van der Waals surface area (Å²) in [5, 5.41) is 17.4. The third-order valence-corrected chi connectivity index (χ3v) is 5.41. The first kappa shape index (κ1) is 15.3. The number of carbonyl (C=O) groups is 1. The van der Waals surface area contributed by atoms with Crippen LogP contribution in [0.2, 0.25) is 0 Å². The number of hydrogen-bond acceptors (Lipinski definition) is 5. The Labute approximate surface area is 140 Å². The molecule has 1 aromatic rings. The van der Waals surface area contributed by atoms with Crippen LogP contribution in [0.3, 0.4) is 0 Å². The Morgan fingerprint density at radius 3 is 2.75 bits per heavy atom. The second-order valence-electron chi connectivity index (χ2n) is 6.67. The van der Waals surface area contributed by atoms with E-state index >= 15 is 0 Å². The van der Waals surface area contributed by atoms with Crippen molar-refractivity contribution in [3.05, 3.63) is 39.9 Å². The maximum absolute atomic E-state index is 12.5. The molecular weight excluding hydrogens is 308 g/mol. The highest BCUT2D eigenvalue weighted by atomic mass is 16.6. The van der Waals surface area contributed by atoms with Crippen LogP contribution in [0.4, 0.5) is 5.69 Å². The summed E-state index contributed by atoms with van der Waals surface area (Å²) in [6.45, 7) is 3.84. The summed E-state index contributed by atoms with van der Waals surface area (Å²) in [5.74, 6) is 0.407. The first-order valence-electron chi connectivity index (χ1n) is 8.49. The SMILES string of the molecule is CCC(=O)N1N=C2C3CCN(CC3)[C@H]2[C@@H]1c1cccc([N+](=O)[O-])c1. The van der Waals surface area contributed by atoms with Crippen LogP contribution in [0.25, 0.3) is 0 Å². The molecule has 0 unspecified atom stereocenters. The molecular formula is C17H20N4O3. The monoisotopic (exact) mass is 328 g/mol. The number of rotatable bonds is 3. The molecule has 0 radical (unpaired) electrons. The van der Waals surface area contributed by atoms with Gasteiger partial charge >= 0.3 is 0 Å². The van der Waals surface area contributed by atoms with Gasteiger partial charge in [-0.25, -0.2) is 5.01 Å². The number of hydrazone groups is 1. The summed E-state index contributed by atoms with van der Waals surface area (Å²) in [4.78, 5) is 25.6. The Bertz CT molecular complexity index is 724. The lowest BCUT2D eigenvalue weighted by Crippen LogP contribution is -2.56. The fourth-order valence-corrected chi connectivity index (χ4v) is 4.24. The second kappa shape index (κ2) is 5.66. The van der Waals surface area contributed by atoms with Crippen molar-refractivity contribution >= 4 is 17.3 Å². The van der Waals surface area contributed by atoms with Gasteiger partial charge in [0.15, 0.2) is 0 Å². The van der Waals surface area contributed by atoms with E-state index in [2.05, 4.69) is 10.0 Å². The van der Waals surface area contributed by atoms with Gasteiger partial charge in [0.2, 0.25) is 5.91 Å². The third-order valence-electron chi connectivity index (χ3n) is 5.41. The molecule has 0 aromatic heterocycles.